The van der Waals surface area contributed by atoms with Gasteiger partial charge in [0.25, 0.3) is 5.91 Å². The number of methoxy groups -OCH3 is 1. The summed E-state index contributed by atoms with van der Waals surface area (Å²) in [5.41, 5.74) is 0.643. The van der Waals surface area contributed by atoms with Crippen LogP contribution in [0.2, 0.25) is 0 Å². The van der Waals surface area contributed by atoms with E-state index in [2.05, 4.69) is 15.3 Å². The van der Waals surface area contributed by atoms with Crippen LogP contribution in [0.25, 0.3) is 10.9 Å². The number of fused-ring (bicyclic) bond motifs is 1. The fourth-order valence-electron chi connectivity index (χ4n) is 2.10. The van der Waals surface area contributed by atoms with E-state index in [0.717, 1.165) is 5.39 Å². The Morgan fingerprint density at radius 1 is 1.09 bits per heavy atom. The normalized spacial score (nSPS) is 10.3. The number of ether oxygens (including phenoxy) is 2. The van der Waals surface area contributed by atoms with Crippen molar-refractivity contribution < 1.29 is 14.3 Å². The SMILES string of the molecule is COc1cccc(OCC(=O)Nc2nccc3cccnc23)c1. The Morgan fingerprint density at radius 3 is 2.83 bits per heavy atom. The standard InChI is InChI=1S/C17H15N3O3/c1-22-13-5-2-6-14(10-13)23-11-15(21)20-17-16-12(7-9-19-17)4-3-8-18-16/h2-10H,11H2,1H3,(H,19,20,21). The van der Waals surface area contributed by atoms with Gasteiger partial charge < -0.3 is 14.8 Å². The molecule has 3 aromatic rings. The van der Waals surface area contributed by atoms with E-state index in [4.69, 9.17) is 9.47 Å². The van der Waals surface area contributed by atoms with Crippen molar-refractivity contribution in [2.24, 2.45) is 0 Å². The molecule has 0 atom stereocenters. The molecule has 1 N–H and O–H groups in total. The lowest BCUT2D eigenvalue weighted by Crippen LogP contribution is -2.21. The Balaban J connectivity index is 1.67. The molecule has 2 heterocycles. The molecule has 1 amide bonds. The summed E-state index contributed by atoms with van der Waals surface area (Å²) in [5.74, 6) is 1.34. The zero-order valence-corrected chi connectivity index (χ0v) is 12.5. The fourth-order valence-corrected chi connectivity index (χ4v) is 2.10. The predicted molar refractivity (Wildman–Crippen MR) is 86.7 cm³/mol. The second-order valence-electron chi connectivity index (χ2n) is 4.75. The summed E-state index contributed by atoms with van der Waals surface area (Å²) >= 11 is 0. The summed E-state index contributed by atoms with van der Waals surface area (Å²) in [6.07, 6.45) is 3.29. The Kier molecular flexibility index (Phi) is 4.33. The highest BCUT2D eigenvalue weighted by Gasteiger charge is 2.09. The quantitative estimate of drug-likeness (QED) is 0.784. The molecule has 0 aliphatic rings. The predicted octanol–water partition coefficient (Wildman–Crippen LogP) is 2.66. The highest BCUT2D eigenvalue weighted by Crippen LogP contribution is 2.20. The minimum absolute atomic E-state index is 0.127. The fraction of sp³-hybridized carbons (Fsp3) is 0.118. The van der Waals surface area contributed by atoms with Gasteiger partial charge in [0, 0.05) is 23.8 Å². The van der Waals surface area contributed by atoms with E-state index in [1.807, 2.05) is 18.2 Å². The van der Waals surface area contributed by atoms with E-state index in [0.29, 0.717) is 22.8 Å². The van der Waals surface area contributed by atoms with Crippen LogP contribution in [0.1, 0.15) is 0 Å². The van der Waals surface area contributed by atoms with Gasteiger partial charge >= 0.3 is 0 Å². The molecule has 23 heavy (non-hydrogen) atoms. The molecule has 116 valence electrons. The number of nitrogens with one attached hydrogen (secondary N) is 1. The summed E-state index contributed by atoms with van der Waals surface area (Å²) in [4.78, 5) is 20.4. The smallest absolute Gasteiger partial charge is 0.263 e. The van der Waals surface area contributed by atoms with Gasteiger partial charge in [-0.2, -0.15) is 0 Å². The second kappa shape index (κ2) is 6.74. The van der Waals surface area contributed by atoms with Gasteiger partial charge in [-0.05, 0) is 24.3 Å². The second-order valence-corrected chi connectivity index (χ2v) is 4.75. The zero-order valence-electron chi connectivity index (χ0n) is 12.5. The Labute approximate surface area is 133 Å². The van der Waals surface area contributed by atoms with Crippen molar-refractivity contribution in [1.29, 1.82) is 0 Å². The summed E-state index contributed by atoms with van der Waals surface area (Å²) in [7, 11) is 1.57. The van der Waals surface area contributed by atoms with Crippen molar-refractivity contribution in [3.05, 3.63) is 54.9 Å². The molecule has 6 heteroatoms. The minimum atomic E-state index is -0.307. The third kappa shape index (κ3) is 3.55. The average molecular weight is 309 g/mol. The molecule has 0 radical (unpaired) electrons. The highest BCUT2D eigenvalue weighted by atomic mass is 16.5. The first kappa shape index (κ1) is 14.8. The number of carbonyl (C=O) groups is 1. The molecular weight excluding hydrogens is 294 g/mol. The number of nitrogens with zero attached hydrogens (tertiary/aromatic N) is 2. The number of carbonyl (C=O) groups excluding carboxylic acids is 1. The number of aromatic nitrogens is 2. The summed E-state index contributed by atoms with van der Waals surface area (Å²) in [5, 5.41) is 3.62. The van der Waals surface area contributed by atoms with Crippen LogP contribution in [-0.2, 0) is 4.79 Å². The molecule has 0 aliphatic heterocycles. The van der Waals surface area contributed by atoms with E-state index in [1.54, 1.807) is 43.8 Å². The van der Waals surface area contributed by atoms with E-state index >= 15 is 0 Å². The van der Waals surface area contributed by atoms with Gasteiger partial charge in [0.15, 0.2) is 12.4 Å². The lowest BCUT2D eigenvalue weighted by atomic mass is 10.2. The maximum atomic E-state index is 12.0. The van der Waals surface area contributed by atoms with Crippen LogP contribution in [0.4, 0.5) is 5.82 Å². The highest BCUT2D eigenvalue weighted by molar-refractivity contribution is 5.98. The molecule has 0 saturated carbocycles. The first-order chi connectivity index (χ1) is 11.3. The van der Waals surface area contributed by atoms with Crippen LogP contribution in [0.15, 0.2) is 54.9 Å². The van der Waals surface area contributed by atoms with Crippen molar-refractivity contribution in [2.75, 3.05) is 19.0 Å². The molecule has 0 saturated heterocycles. The Morgan fingerprint density at radius 2 is 1.96 bits per heavy atom. The summed E-state index contributed by atoms with van der Waals surface area (Å²) in [6.45, 7) is -0.127. The number of anilines is 1. The van der Waals surface area contributed by atoms with Crippen LogP contribution in [0.5, 0.6) is 11.5 Å². The molecule has 2 aromatic heterocycles. The minimum Gasteiger partial charge on any atom is -0.497 e. The third-order valence-electron chi connectivity index (χ3n) is 3.19. The molecule has 0 unspecified atom stereocenters. The zero-order chi connectivity index (χ0) is 16.1. The van der Waals surface area contributed by atoms with Gasteiger partial charge in [-0.25, -0.2) is 4.98 Å². The number of hydrogen-bond acceptors (Lipinski definition) is 5. The topological polar surface area (TPSA) is 73.3 Å². The van der Waals surface area contributed by atoms with Gasteiger partial charge in [0.1, 0.15) is 17.0 Å². The number of benzene rings is 1. The van der Waals surface area contributed by atoms with Crippen LogP contribution < -0.4 is 14.8 Å². The molecule has 0 spiro atoms. The van der Waals surface area contributed by atoms with Gasteiger partial charge in [-0.15, -0.1) is 0 Å². The molecular formula is C17H15N3O3. The number of pyridine rings is 2. The lowest BCUT2D eigenvalue weighted by Gasteiger charge is -2.09. The number of rotatable bonds is 5. The first-order valence-corrected chi connectivity index (χ1v) is 7.03. The molecule has 0 fully saturated rings. The first-order valence-electron chi connectivity index (χ1n) is 7.03. The van der Waals surface area contributed by atoms with Gasteiger partial charge in [0.05, 0.1) is 7.11 Å². The lowest BCUT2D eigenvalue weighted by molar-refractivity contribution is -0.118. The van der Waals surface area contributed by atoms with E-state index in [1.165, 1.54) is 0 Å². The van der Waals surface area contributed by atoms with Crippen molar-refractivity contribution in [3.63, 3.8) is 0 Å². The molecule has 0 aliphatic carbocycles. The summed E-state index contributed by atoms with van der Waals surface area (Å²) < 4.78 is 10.6. The van der Waals surface area contributed by atoms with E-state index in [9.17, 15) is 4.79 Å². The maximum absolute atomic E-state index is 12.0. The number of hydrogen-bond donors (Lipinski definition) is 1. The van der Waals surface area contributed by atoms with Crippen molar-refractivity contribution in [1.82, 2.24) is 9.97 Å². The largest absolute Gasteiger partial charge is 0.497 e. The summed E-state index contributed by atoms with van der Waals surface area (Å²) in [6, 6.07) is 12.6. The van der Waals surface area contributed by atoms with Crippen LogP contribution in [-0.4, -0.2) is 29.6 Å². The Bertz CT molecular complexity index is 831. The van der Waals surface area contributed by atoms with Crippen LogP contribution >= 0.6 is 0 Å². The Hall–Kier alpha value is -3.15. The third-order valence-corrected chi connectivity index (χ3v) is 3.19. The van der Waals surface area contributed by atoms with Gasteiger partial charge in [-0.1, -0.05) is 12.1 Å². The maximum Gasteiger partial charge on any atom is 0.263 e. The monoisotopic (exact) mass is 309 g/mol. The van der Waals surface area contributed by atoms with Crippen molar-refractivity contribution >= 4 is 22.6 Å². The molecule has 0 bridgehead atoms. The van der Waals surface area contributed by atoms with Crippen LogP contribution in [0, 0.1) is 0 Å². The molecule has 3 rings (SSSR count). The number of amides is 1. The van der Waals surface area contributed by atoms with E-state index < -0.39 is 0 Å². The van der Waals surface area contributed by atoms with Crippen molar-refractivity contribution in [2.45, 2.75) is 0 Å². The average Bonchev–Trinajstić information content (AvgIpc) is 2.60. The van der Waals surface area contributed by atoms with Crippen molar-refractivity contribution in [3.8, 4) is 11.5 Å². The van der Waals surface area contributed by atoms with Crippen LogP contribution in [0.3, 0.4) is 0 Å². The molecule has 6 nitrogen and oxygen atoms in total. The van der Waals surface area contributed by atoms with Gasteiger partial charge in [0.2, 0.25) is 0 Å². The molecule has 1 aromatic carbocycles. The van der Waals surface area contributed by atoms with Gasteiger partial charge in [-0.3, -0.25) is 9.78 Å². The van der Waals surface area contributed by atoms with E-state index in [-0.39, 0.29) is 12.5 Å².